The first kappa shape index (κ1) is 40.1. The summed E-state index contributed by atoms with van der Waals surface area (Å²) >= 11 is 0. The Balaban J connectivity index is 1.50. The molecule has 0 bridgehead atoms. The van der Waals surface area contributed by atoms with Crippen molar-refractivity contribution < 1.29 is 43.8 Å². The molecule has 0 aliphatic rings. The summed E-state index contributed by atoms with van der Waals surface area (Å²) in [6, 6.07) is 16.9. The number of aromatic nitrogens is 1. The van der Waals surface area contributed by atoms with Crippen LogP contribution in [-0.2, 0) is 52.8 Å². The summed E-state index contributed by atoms with van der Waals surface area (Å²) in [6.07, 6.45) is 1.00. The van der Waals surface area contributed by atoms with E-state index in [0.717, 1.165) is 23.4 Å². The molecule has 16 nitrogen and oxygen atoms in total. The van der Waals surface area contributed by atoms with E-state index >= 15 is 0 Å². The summed E-state index contributed by atoms with van der Waals surface area (Å²) in [5, 5.41) is 35.1. The largest absolute Gasteiger partial charge is 0.508 e. The molecule has 1 aromatic heterocycles. The zero-order valence-corrected chi connectivity index (χ0v) is 29.7. The topological polar surface area (TPSA) is 248 Å². The van der Waals surface area contributed by atoms with E-state index in [0.29, 0.717) is 11.1 Å². The number of aromatic amines is 1. The standard InChI is InChI=1S/C38H43N7O9/c1-22(46)42-32(19-34(49)50)38(54)45-30(17-24-12-14-26(47)15-13-24)37(53)44-29(16-23-8-4-3-5-9-23)36(52)41-21-33(48)43-31(35(51)39-2)18-25-20-40-28-11-7-6-10-27(25)28/h3-15,20,29-32,40,47H,16-19,21H2,1-2H3,(H,39,51)(H,41,52)(H,42,46)(H,43,48)(H,44,53)(H,45,54)(H,49,50)/t29-,30-,31+,32-/m0/s1. The second kappa shape index (κ2) is 19.2. The van der Waals surface area contributed by atoms with E-state index in [9.17, 15) is 43.8 Å². The third-order valence-electron chi connectivity index (χ3n) is 8.42. The summed E-state index contributed by atoms with van der Waals surface area (Å²) in [6.45, 7) is 0.570. The van der Waals surface area contributed by atoms with Crippen LogP contribution < -0.4 is 31.9 Å². The maximum absolute atomic E-state index is 13.9. The summed E-state index contributed by atoms with van der Waals surface area (Å²) in [7, 11) is 1.44. The molecule has 4 aromatic rings. The molecule has 54 heavy (non-hydrogen) atoms. The minimum atomic E-state index is -1.51. The van der Waals surface area contributed by atoms with Gasteiger partial charge in [-0.1, -0.05) is 60.7 Å². The minimum Gasteiger partial charge on any atom is -0.508 e. The average molecular weight is 742 g/mol. The predicted molar refractivity (Wildman–Crippen MR) is 197 cm³/mol. The monoisotopic (exact) mass is 741 g/mol. The number of phenols is 1. The van der Waals surface area contributed by atoms with Crippen LogP contribution in [0.4, 0.5) is 0 Å². The lowest BCUT2D eigenvalue weighted by Crippen LogP contribution is -2.58. The number of hydrogen-bond acceptors (Lipinski definition) is 8. The van der Waals surface area contributed by atoms with Gasteiger partial charge in [-0.15, -0.1) is 0 Å². The van der Waals surface area contributed by atoms with E-state index in [-0.39, 0.29) is 25.0 Å². The number of amides is 6. The summed E-state index contributed by atoms with van der Waals surface area (Å²) in [4.78, 5) is 92.9. The molecule has 0 saturated heterocycles. The number of nitrogens with one attached hydrogen (secondary N) is 7. The van der Waals surface area contributed by atoms with Crippen LogP contribution in [0.5, 0.6) is 5.75 Å². The highest BCUT2D eigenvalue weighted by atomic mass is 16.4. The second-order valence-electron chi connectivity index (χ2n) is 12.5. The highest BCUT2D eigenvalue weighted by Gasteiger charge is 2.31. The number of benzene rings is 3. The Morgan fingerprint density at radius 3 is 1.85 bits per heavy atom. The molecule has 284 valence electrons. The zero-order chi connectivity index (χ0) is 39.2. The van der Waals surface area contributed by atoms with Crippen molar-refractivity contribution >= 4 is 52.3 Å². The minimum absolute atomic E-state index is 0.0190. The van der Waals surface area contributed by atoms with Crippen molar-refractivity contribution in [2.75, 3.05) is 13.6 Å². The van der Waals surface area contributed by atoms with Crippen molar-refractivity contribution in [2.45, 2.75) is 56.8 Å². The molecule has 1 heterocycles. The van der Waals surface area contributed by atoms with Gasteiger partial charge >= 0.3 is 5.97 Å². The zero-order valence-electron chi connectivity index (χ0n) is 29.7. The van der Waals surface area contributed by atoms with Crippen molar-refractivity contribution in [3.8, 4) is 5.75 Å². The average Bonchev–Trinajstić information content (AvgIpc) is 3.55. The first-order valence-corrected chi connectivity index (χ1v) is 17.1. The highest BCUT2D eigenvalue weighted by molar-refractivity contribution is 5.96. The molecule has 4 atom stereocenters. The molecule has 0 unspecified atom stereocenters. The Labute approximate surface area is 310 Å². The molecule has 3 aromatic carbocycles. The fourth-order valence-electron chi connectivity index (χ4n) is 5.75. The van der Waals surface area contributed by atoms with Gasteiger partial charge in [-0.3, -0.25) is 33.6 Å². The van der Waals surface area contributed by atoms with Gasteiger partial charge in [0.15, 0.2) is 0 Å². The van der Waals surface area contributed by atoms with E-state index < -0.39 is 78.5 Å². The molecule has 0 fully saturated rings. The molecule has 0 spiro atoms. The van der Waals surface area contributed by atoms with Crippen molar-refractivity contribution in [1.82, 2.24) is 36.9 Å². The second-order valence-corrected chi connectivity index (χ2v) is 12.5. The van der Waals surface area contributed by atoms with Gasteiger partial charge in [0.25, 0.3) is 0 Å². The third-order valence-corrected chi connectivity index (χ3v) is 8.42. The van der Waals surface area contributed by atoms with Crippen LogP contribution in [0.1, 0.15) is 30.0 Å². The summed E-state index contributed by atoms with van der Waals surface area (Å²) in [5.74, 6) is -5.71. The van der Waals surface area contributed by atoms with Crippen molar-refractivity contribution in [2.24, 2.45) is 0 Å². The lowest BCUT2D eigenvalue weighted by Gasteiger charge is -2.25. The fourth-order valence-corrected chi connectivity index (χ4v) is 5.75. The van der Waals surface area contributed by atoms with Crippen LogP contribution in [0.3, 0.4) is 0 Å². The van der Waals surface area contributed by atoms with Crippen LogP contribution in [0.15, 0.2) is 85.1 Å². The quantitative estimate of drug-likeness (QED) is 0.0675. The van der Waals surface area contributed by atoms with Crippen molar-refractivity contribution in [3.05, 3.63) is 102 Å². The van der Waals surface area contributed by atoms with Crippen molar-refractivity contribution in [1.29, 1.82) is 0 Å². The van der Waals surface area contributed by atoms with E-state index in [1.54, 1.807) is 36.5 Å². The summed E-state index contributed by atoms with van der Waals surface area (Å²) < 4.78 is 0. The summed E-state index contributed by atoms with van der Waals surface area (Å²) in [5.41, 5.74) is 2.83. The highest BCUT2D eigenvalue weighted by Crippen LogP contribution is 2.19. The van der Waals surface area contributed by atoms with Crippen molar-refractivity contribution in [3.63, 3.8) is 0 Å². The van der Waals surface area contributed by atoms with Gasteiger partial charge < -0.3 is 47.1 Å². The maximum Gasteiger partial charge on any atom is 0.305 e. The first-order valence-electron chi connectivity index (χ1n) is 17.1. The van der Waals surface area contributed by atoms with Gasteiger partial charge in [-0.05, 0) is 34.9 Å². The molecule has 16 heteroatoms. The van der Waals surface area contributed by atoms with Gasteiger partial charge in [0.2, 0.25) is 35.4 Å². The number of carbonyl (C=O) groups excluding carboxylic acids is 6. The Bertz CT molecular complexity index is 1950. The predicted octanol–water partition coefficient (Wildman–Crippen LogP) is 0.197. The molecular weight excluding hydrogens is 698 g/mol. The fraction of sp³-hybridized carbons (Fsp3) is 0.289. The van der Waals surface area contributed by atoms with Gasteiger partial charge in [0, 0.05) is 50.3 Å². The van der Waals surface area contributed by atoms with Crippen LogP contribution in [0.2, 0.25) is 0 Å². The Kier molecular flexibility index (Phi) is 14.3. The van der Waals surface area contributed by atoms with Gasteiger partial charge in [0.05, 0.1) is 13.0 Å². The lowest BCUT2D eigenvalue weighted by molar-refractivity contribution is -0.141. The number of fused-ring (bicyclic) bond motifs is 1. The SMILES string of the molecule is CNC(=O)[C@@H](Cc1c[nH]c2ccccc12)NC(=O)CNC(=O)[C@H](Cc1ccccc1)NC(=O)[C@H](Cc1ccc(O)cc1)NC(=O)[C@H](CC(=O)O)NC(C)=O. The van der Waals surface area contributed by atoms with Gasteiger partial charge in [-0.25, -0.2) is 0 Å². The molecule has 9 N–H and O–H groups in total. The maximum atomic E-state index is 13.9. The number of phenolic OH excluding ortho intramolecular Hbond substituents is 1. The molecule has 0 radical (unpaired) electrons. The molecule has 6 amide bonds. The first-order chi connectivity index (χ1) is 25.8. The Hall–Kier alpha value is -6.71. The number of rotatable bonds is 18. The van der Waals surface area contributed by atoms with E-state index in [1.165, 1.54) is 31.3 Å². The number of H-pyrrole nitrogens is 1. The van der Waals surface area contributed by atoms with E-state index in [2.05, 4.69) is 36.9 Å². The Morgan fingerprint density at radius 2 is 1.22 bits per heavy atom. The van der Waals surface area contributed by atoms with Crippen LogP contribution >= 0.6 is 0 Å². The molecule has 0 saturated carbocycles. The molecular formula is C38H43N7O9. The normalized spacial score (nSPS) is 13.0. The molecule has 4 rings (SSSR count). The van der Waals surface area contributed by atoms with Gasteiger partial charge in [-0.2, -0.15) is 0 Å². The number of likely N-dealkylation sites (N-methyl/N-ethyl adjacent to an activating group) is 1. The molecule has 0 aliphatic carbocycles. The molecule has 0 aliphatic heterocycles. The number of aromatic hydroxyl groups is 1. The smallest absolute Gasteiger partial charge is 0.305 e. The number of carboxylic acids is 1. The van der Waals surface area contributed by atoms with Crippen LogP contribution in [0, 0.1) is 0 Å². The van der Waals surface area contributed by atoms with E-state index in [1.807, 2.05) is 24.3 Å². The van der Waals surface area contributed by atoms with Crippen LogP contribution in [-0.4, -0.2) is 94.4 Å². The number of aliphatic carboxylic acids is 1. The van der Waals surface area contributed by atoms with E-state index in [4.69, 9.17) is 0 Å². The third kappa shape index (κ3) is 11.9. The number of para-hydroxylation sites is 1. The lowest BCUT2D eigenvalue weighted by atomic mass is 10.0. The Morgan fingerprint density at radius 1 is 0.648 bits per heavy atom. The van der Waals surface area contributed by atoms with Gasteiger partial charge in [0.1, 0.15) is 29.9 Å². The number of carboxylic acid groups (broad SMARTS) is 1. The van der Waals surface area contributed by atoms with Crippen LogP contribution in [0.25, 0.3) is 10.9 Å². The number of hydrogen-bond donors (Lipinski definition) is 9. The number of carbonyl (C=O) groups is 7.